The first-order valence-corrected chi connectivity index (χ1v) is 6.62. The van der Waals surface area contributed by atoms with Crippen molar-refractivity contribution in [2.24, 2.45) is 17.9 Å². The third-order valence-electron chi connectivity index (χ3n) is 3.50. The number of oxime groups is 1. The van der Waals surface area contributed by atoms with Gasteiger partial charge in [-0.25, -0.2) is 4.68 Å². The van der Waals surface area contributed by atoms with E-state index in [9.17, 15) is 0 Å². The van der Waals surface area contributed by atoms with Gasteiger partial charge in [-0.1, -0.05) is 11.2 Å². The smallest absolute Gasteiger partial charge is 0.229 e. The maximum Gasteiger partial charge on any atom is 0.229 e. The second kappa shape index (κ2) is 5.47. The highest BCUT2D eigenvalue weighted by Gasteiger charge is 2.20. The Balaban J connectivity index is 2.55. The van der Waals surface area contributed by atoms with Crippen molar-refractivity contribution in [3.8, 4) is 11.6 Å². The molecule has 1 aromatic heterocycles. The number of rotatable bonds is 3. The largest absolute Gasteiger partial charge is 0.438 e. The quantitative estimate of drug-likeness (QED) is 0.393. The van der Waals surface area contributed by atoms with E-state index in [0.29, 0.717) is 17.1 Å². The summed E-state index contributed by atoms with van der Waals surface area (Å²) >= 11 is 0. The van der Waals surface area contributed by atoms with Gasteiger partial charge in [-0.05, 0) is 50.5 Å². The first kappa shape index (κ1) is 14.9. The van der Waals surface area contributed by atoms with E-state index in [-0.39, 0.29) is 5.84 Å². The zero-order valence-corrected chi connectivity index (χ0v) is 12.9. The molecule has 0 radical (unpaired) electrons. The summed E-state index contributed by atoms with van der Waals surface area (Å²) in [6.07, 6.45) is 0. The summed E-state index contributed by atoms with van der Waals surface area (Å²) in [6.45, 7) is 7.83. The average Bonchev–Trinajstić information content (AvgIpc) is 2.69. The fourth-order valence-corrected chi connectivity index (χ4v) is 2.31. The third-order valence-corrected chi connectivity index (χ3v) is 3.50. The minimum atomic E-state index is -0.0161. The van der Waals surface area contributed by atoms with Crippen molar-refractivity contribution in [3.63, 3.8) is 0 Å². The van der Waals surface area contributed by atoms with Crippen LogP contribution in [0, 0.1) is 27.7 Å². The minimum Gasteiger partial charge on any atom is -0.438 e. The number of hydrogen-bond donors (Lipinski definition) is 2. The van der Waals surface area contributed by atoms with Crippen molar-refractivity contribution in [2.45, 2.75) is 27.7 Å². The summed E-state index contributed by atoms with van der Waals surface area (Å²) in [5.74, 6) is 1.18. The molecule has 0 atom stereocenters. The molecule has 0 amide bonds. The molecule has 21 heavy (non-hydrogen) atoms. The molecule has 0 aliphatic heterocycles. The van der Waals surface area contributed by atoms with E-state index in [4.69, 9.17) is 15.7 Å². The van der Waals surface area contributed by atoms with Crippen LogP contribution in [-0.2, 0) is 7.05 Å². The molecular formula is C15H20N4O2. The number of hydrogen-bond acceptors (Lipinski definition) is 4. The molecule has 0 aliphatic rings. The Morgan fingerprint density at radius 1 is 1.29 bits per heavy atom. The van der Waals surface area contributed by atoms with Gasteiger partial charge in [-0.2, -0.15) is 5.10 Å². The Labute approximate surface area is 123 Å². The van der Waals surface area contributed by atoms with Crippen LogP contribution in [-0.4, -0.2) is 20.8 Å². The Hall–Kier alpha value is -2.50. The molecule has 1 heterocycles. The molecule has 2 rings (SSSR count). The maximum atomic E-state index is 8.93. The molecule has 112 valence electrons. The van der Waals surface area contributed by atoms with Crippen LogP contribution in [0.15, 0.2) is 17.3 Å². The molecule has 6 heteroatoms. The third kappa shape index (κ3) is 2.69. The number of ether oxygens (including phenoxy) is 1. The van der Waals surface area contributed by atoms with Crippen molar-refractivity contribution >= 4 is 5.84 Å². The Kier molecular flexibility index (Phi) is 3.88. The van der Waals surface area contributed by atoms with E-state index in [1.165, 1.54) is 0 Å². The van der Waals surface area contributed by atoms with E-state index in [2.05, 4.69) is 16.3 Å². The predicted molar refractivity (Wildman–Crippen MR) is 81.2 cm³/mol. The van der Waals surface area contributed by atoms with Crippen molar-refractivity contribution < 1.29 is 9.94 Å². The van der Waals surface area contributed by atoms with Crippen LogP contribution in [0.1, 0.15) is 27.9 Å². The average molecular weight is 288 g/mol. The zero-order valence-electron chi connectivity index (χ0n) is 12.9. The summed E-state index contributed by atoms with van der Waals surface area (Å²) < 4.78 is 7.59. The van der Waals surface area contributed by atoms with Gasteiger partial charge in [0.2, 0.25) is 5.88 Å². The van der Waals surface area contributed by atoms with Gasteiger partial charge in [0.15, 0.2) is 5.84 Å². The molecule has 0 spiro atoms. The standard InChI is InChI=1S/C15H20N4O2/c1-8-6-9(2)10(3)12(7-8)21-15-13(14(16)18-20)11(4)17-19(15)5/h6-7,20H,1-5H3,(H2,16,18). The highest BCUT2D eigenvalue weighted by molar-refractivity contribution is 6.00. The fraction of sp³-hybridized carbons (Fsp3) is 0.333. The predicted octanol–water partition coefficient (Wildman–Crippen LogP) is 2.54. The molecule has 0 saturated heterocycles. The van der Waals surface area contributed by atoms with E-state index in [1.54, 1.807) is 18.7 Å². The summed E-state index contributed by atoms with van der Waals surface area (Å²) in [5.41, 5.74) is 10.2. The normalized spacial score (nSPS) is 11.8. The van der Waals surface area contributed by atoms with E-state index >= 15 is 0 Å². The second-order valence-corrected chi connectivity index (χ2v) is 5.18. The molecule has 3 N–H and O–H groups in total. The summed E-state index contributed by atoms with van der Waals surface area (Å²) in [4.78, 5) is 0. The SMILES string of the molecule is Cc1cc(C)c(C)c(Oc2c(C(N)=NO)c(C)nn2C)c1. The molecule has 2 aromatic rings. The molecule has 0 aliphatic carbocycles. The zero-order chi connectivity index (χ0) is 15.7. The highest BCUT2D eigenvalue weighted by Crippen LogP contribution is 2.31. The molecule has 0 saturated carbocycles. The van der Waals surface area contributed by atoms with E-state index in [1.807, 2.05) is 26.8 Å². The topological polar surface area (TPSA) is 85.7 Å². The Morgan fingerprint density at radius 2 is 1.95 bits per heavy atom. The first-order valence-electron chi connectivity index (χ1n) is 6.62. The lowest BCUT2D eigenvalue weighted by molar-refractivity contribution is 0.318. The lowest BCUT2D eigenvalue weighted by Gasteiger charge is -2.13. The lowest BCUT2D eigenvalue weighted by Crippen LogP contribution is -2.15. The Bertz CT molecular complexity index is 717. The van der Waals surface area contributed by atoms with Crippen molar-refractivity contribution in [1.29, 1.82) is 0 Å². The molecule has 1 aromatic carbocycles. The van der Waals surface area contributed by atoms with Crippen LogP contribution in [0.5, 0.6) is 11.6 Å². The van der Waals surface area contributed by atoms with Crippen LogP contribution >= 0.6 is 0 Å². The van der Waals surface area contributed by atoms with Crippen LogP contribution in [0.25, 0.3) is 0 Å². The van der Waals surface area contributed by atoms with Gasteiger partial charge >= 0.3 is 0 Å². The van der Waals surface area contributed by atoms with Crippen LogP contribution in [0.2, 0.25) is 0 Å². The molecule has 6 nitrogen and oxygen atoms in total. The monoisotopic (exact) mass is 288 g/mol. The van der Waals surface area contributed by atoms with Gasteiger partial charge in [0.05, 0.1) is 5.69 Å². The highest BCUT2D eigenvalue weighted by atomic mass is 16.5. The van der Waals surface area contributed by atoms with Gasteiger partial charge in [0.25, 0.3) is 0 Å². The number of aryl methyl sites for hydroxylation is 4. The number of aromatic nitrogens is 2. The number of amidine groups is 1. The van der Waals surface area contributed by atoms with Gasteiger partial charge in [-0.15, -0.1) is 0 Å². The second-order valence-electron chi connectivity index (χ2n) is 5.18. The first-order chi connectivity index (χ1) is 9.85. The van der Waals surface area contributed by atoms with Gasteiger partial charge in [0, 0.05) is 7.05 Å². The lowest BCUT2D eigenvalue weighted by atomic mass is 10.1. The van der Waals surface area contributed by atoms with E-state index < -0.39 is 0 Å². The number of nitrogens with two attached hydrogens (primary N) is 1. The van der Waals surface area contributed by atoms with Gasteiger partial charge < -0.3 is 15.7 Å². The molecule has 0 unspecified atom stereocenters. The molecular weight excluding hydrogens is 268 g/mol. The summed E-state index contributed by atoms with van der Waals surface area (Å²) in [7, 11) is 1.76. The van der Waals surface area contributed by atoms with Gasteiger partial charge in [0.1, 0.15) is 11.3 Å². The van der Waals surface area contributed by atoms with Gasteiger partial charge in [-0.3, -0.25) is 0 Å². The number of nitrogens with zero attached hydrogens (tertiary/aromatic N) is 3. The maximum absolute atomic E-state index is 8.93. The van der Waals surface area contributed by atoms with E-state index in [0.717, 1.165) is 22.4 Å². The van der Waals surface area contributed by atoms with Crippen molar-refractivity contribution in [3.05, 3.63) is 40.1 Å². The molecule has 0 fully saturated rings. The van der Waals surface area contributed by atoms with Crippen molar-refractivity contribution in [1.82, 2.24) is 9.78 Å². The summed E-state index contributed by atoms with van der Waals surface area (Å²) in [5, 5.41) is 16.2. The fourth-order valence-electron chi connectivity index (χ4n) is 2.31. The van der Waals surface area contributed by atoms with Crippen LogP contribution in [0.4, 0.5) is 0 Å². The van der Waals surface area contributed by atoms with Crippen molar-refractivity contribution in [2.75, 3.05) is 0 Å². The summed E-state index contributed by atoms with van der Waals surface area (Å²) in [6, 6.07) is 4.06. The Morgan fingerprint density at radius 3 is 2.57 bits per heavy atom. The minimum absolute atomic E-state index is 0.0161. The van der Waals surface area contributed by atoms with Crippen LogP contribution < -0.4 is 10.5 Å². The molecule has 0 bridgehead atoms. The number of benzene rings is 1. The van der Waals surface area contributed by atoms with Crippen LogP contribution in [0.3, 0.4) is 0 Å².